The molecule has 2 aliphatic heterocycles. The molecule has 5 aliphatic carbocycles. The predicted molar refractivity (Wildman–Crippen MR) is 111 cm³/mol. The molecular weight excluding hydrogens is 378 g/mol. The summed E-state index contributed by atoms with van der Waals surface area (Å²) in [5, 5.41) is 10.7. The average molecular weight is 408 g/mol. The maximum Gasteiger partial charge on any atom is 0.165 e. The van der Waals surface area contributed by atoms with Crippen LogP contribution in [0.1, 0.15) is 50.2 Å². The highest BCUT2D eigenvalue weighted by atomic mass is 16.6. The van der Waals surface area contributed by atoms with Crippen molar-refractivity contribution in [3.63, 3.8) is 0 Å². The number of phenols is 1. The maximum absolute atomic E-state index is 12.9. The van der Waals surface area contributed by atoms with Crippen LogP contribution < -0.4 is 4.74 Å². The lowest BCUT2D eigenvalue weighted by Gasteiger charge is -2.70. The van der Waals surface area contributed by atoms with E-state index in [1.165, 1.54) is 30.5 Å². The first-order valence-electron chi connectivity index (χ1n) is 11.5. The summed E-state index contributed by atoms with van der Waals surface area (Å²) in [4.78, 5) is 15.6. The van der Waals surface area contributed by atoms with Gasteiger partial charge in [0.15, 0.2) is 17.3 Å². The molecule has 0 aromatic heterocycles. The van der Waals surface area contributed by atoms with Gasteiger partial charge in [0.05, 0.1) is 5.41 Å². The zero-order chi connectivity index (χ0) is 20.5. The molecule has 0 amide bonds. The Morgan fingerprint density at radius 1 is 1.30 bits per heavy atom. The van der Waals surface area contributed by atoms with E-state index >= 15 is 0 Å². The molecule has 1 aromatic rings. The summed E-state index contributed by atoms with van der Waals surface area (Å²) in [6.45, 7) is 3.90. The van der Waals surface area contributed by atoms with E-state index in [0.717, 1.165) is 43.7 Å². The van der Waals surface area contributed by atoms with Gasteiger partial charge < -0.3 is 14.6 Å². The summed E-state index contributed by atoms with van der Waals surface area (Å²) >= 11 is 0. The molecule has 3 fully saturated rings. The minimum Gasteiger partial charge on any atom is -0.504 e. The molecule has 1 N–H and O–H groups in total. The highest BCUT2D eigenvalue weighted by molar-refractivity contribution is 5.97. The molecule has 7 aliphatic rings. The molecule has 5 nitrogen and oxygen atoms in total. The molecule has 5 atom stereocenters. The van der Waals surface area contributed by atoms with Crippen LogP contribution in [0.5, 0.6) is 11.5 Å². The second-order valence-corrected chi connectivity index (χ2v) is 10.6. The van der Waals surface area contributed by atoms with Gasteiger partial charge >= 0.3 is 0 Å². The number of fused-ring (bicyclic) bond motifs is 1. The lowest BCUT2D eigenvalue weighted by Crippen LogP contribution is -2.78. The monoisotopic (exact) mass is 407 g/mol. The minimum absolute atomic E-state index is 0.0900. The number of likely N-dealkylation sites (tertiary alicyclic amines) is 1. The van der Waals surface area contributed by atoms with Crippen LogP contribution in [0.2, 0.25) is 0 Å². The van der Waals surface area contributed by atoms with Crippen molar-refractivity contribution in [3.05, 3.63) is 34.9 Å². The fourth-order valence-electron chi connectivity index (χ4n) is 8.25. The molecule has 0 unspecified atom stereocenters. The van der Waals surface area contributed by atoms with Crippen molar-refractivity contribution in [1.29, 1.82) is 0 Å². The van der Waals surface area contributed by atoms with Crippen molar-refractivity contribution >= 4 is 5.78 Å². The SMILES string of the molecule is CO[C@@]12CC[C@]3(C=C1C(C)=O)[C@H]1Cc4ccc(O)c5c4[C@@]3(CCN1CC1CC1)[C@H]2O5. The van der Waals surface area contributed by atoms with Gasteiger partial charge in [-0.1, -0.05) is 12.1 Å². The van der Waals surface area contributed by atoms with E-state index in [2.05, 4.69) is 17.0 Å². The number of carbonyl (C=O) groups excluding carboxylic acids is 1. The molecule has 2 saturated carbocycles. The summed E-state index contributed by atoms with van der Waals surface area (Å²) in [5.41, 5.74) is 2.26. The van der Waals surface area contributed by atoms with Crippen molar-refractivity contribution in [2.24, 2.45) is 11.3 Å². The third-order valence-electron chi connectivity index (χ3n) is 9.55. The van der Waals surface area contributed by atoms with Crippen molar-refractivity contribution < 1.29 is 19.4 Å². The first kappa shape index (κ1) is 17.8. The number of hydrogen-bond acceptors (Lipinski definition) is 5. The number of phenolic OH excluding ortho intramolecular Hbond substituents is 1. The Morgan fingerprint density at radius 2 is 2.13 bits per heavy atom. The summed E-state index contributed by atoms with van der Waals surface area (Å²) < 4.78 is 12.9. The van der Waals surface area contributed by atoms with Crippen molar-refractivity contribution in [2.45, 2.75) is 68.6 Å². The summed E-state index contributed by atoms with van der Waals surface area (Å²) in [6, 6.07) is 4.28. The smallest absolute Gasteiger partial charge is 0.165 e. The Labute approximate surface area is 177 Å². The van der Waals surface area contributed by atoms with E-state index in [4.69, 9.17) is 9.47 Å². The average Bonchev–Trinajstić information content (AvgIpc) is 3.48. The predicted octanol–water partition coefficient (Wildman–Crippen LogP) is 3.13. The van der Waals surface area contributed by atoms with Gasteiger partial charge in [0, 0.05) is 36.2 Å². The quantitative estimate of drug-likeness (QED) is 0.831. The number of nitrogens with zero attached hydrogens (tertiary/aromatic N) is 1. The molecule has 4 bridgehead atoms. The highest BCUT2D eigenvalue weighted by Crippen LogP contribution is 2.74. The molecule has 1 aromatic carbocycles. The van der Waals surface area contributed by atoms with Crippen molar-refractivity contribution in [2.75, 3.05) is 20.2 Å². The van der Waals surface area contributed by atoms with Crippen molar-refractivity contribution in [3.8, 4) is 11.5 Å². The number of benzene rings is 1. The number of Topliss-reactive ketones (excluding diaryl/α,β-unsaturated/α-hetero) is 1. The van der Waals surface area contributed by atoms with Gasteiger partial charge in [-0.2, -0.15) is 0 Å². The standard InChI is InChI=1S/C25H29NO4/c1-14(27)17-12-23-7-8-25(17,29-2)22-24(23)9-10-26(13-15-3-4-15)19(23)11-16-5-6-18(28)21(30-22)20(16)24/h5-6,12,15,19,22,28H,3-4,7-11,13H2,1-2H3/t19-,22-,23+,24+,25+/m1/s1. The summed E-state index contributed by atoms with van der Waals surface area (Å²) in [7, 11) is 1.72. The summed E-state index contributed by atoms with van der Waals surface area (Å²) in [6.07, 6.45) is 8.56. The van der Waals surface area contributed by atoms with Crippen LogP contribution in [0.25, 0.3) is 0 Å². The van der Waals surface area contributed by atoms with Crippen LogP contribution in [0.15, 0.2) is 23.8 Å². The topological polar surface area (TPSA) is 59.0 Å². The first-order valence-corrected chi connectivity index (χ1v) is 11.5. The second-order valence-electron chi connectivity index (χ2n) is 10.6. The molecule has 8 rings (SSSR count). The first-order chi connectivity index (χ1) is 14.5. The van der Waals surface area contributed by atoms with E-state index < -0.39 is 5.60 Å². The molecule has 0 radical (unpaired) electrons. The number of methoxy groups -OCH3 is 1. The van der Waals surface area contributed by atoms with Crippen LogP contribution in [0, 0.1) is 11.3 Å². The van der Waals surface area contributed by atoms with Crippen LogP contribution >= 0.6 is 0 Å². The molecule has 2 heterocycles. The fourth-order valence-corrected chi connectivity index (χ4v) is 8.25. The highest BCUT2D eigenvalue weighted by Gasteiger charge is 2.78. The molecule has 30 heavy (non-hydrogen) atoms. The van der Waals surface area contributed by atoms with Gasteiger partial charge in [0.25, 0.3) is 0 Å². The molecular formula is C25H29NO4. The van der Waals surface area contributed by atoms with Crippen LogP contribution in [0.3, 0.4) is 0 Å². The van der Waals surface area contributed by atoms with E-state index in [0.29, 0.717) is 11.8 Å². The van der Waals surface area contributed by atoms with Gasteiger partial charge in [0.2, 0.25) is 0 Å². The zero-order valence-electron chi connectivity index (χ0n) is 17.7. The summed E-state index contributed by atoms with van der Waals surface area (Å²) in [5.74, 6) is 1.80. The third kappa shape index (κ3) is 1.72. The Kier molecular flexibility index (Phi) is 3.15. The van der Waals surface area contributed by atoms with Crippen LogP contribution in [0.4, 0.5) is 0 Å². The van der Waals surface area contributed by atoms with Crippen LogP contribution in [-0.4, -0.2) is 53.7 Å². The lowest BCUT2D eigenvalue weighted by atomic mass is 9.37. The van der Waals surface area contributed by atoms with E-state index in [1.807, 2.05) is 0 Å². The number of rotatable bonds is 4. The Morgan fingerprint density at radius 3 is 2.87 bits per heavy atom. The number of aromatic hydroxyl groups is 1. The largest absolute Gasteiger partial charge is 0.504 e. The minimum atomic E-state index is -0.725. The van der Waals surface area contributed by atoms with Crippen molar-refractivity contribution in [1.82, 2.24) is 4.90 Å². The normalized spacial score (nSPS) is 42.5. The van der Waals surface area contributed by atoms with E-state index in [9.17, 15) is 9.90 Å². The number of piperidine rings is 1. The van der Waals surface area contributed by atoms with Crippen LogP contribution in [-0.2, 0) is 21.4 Å². The number of hydrogen-bond donors (Lipinski definition) is 1. The second kappa shape index (κ2) is 5.31. The van der Waals surface area contributed by atoms with Gasteiger partial charge in [-0.05, 0) is 69.5 Å². The molecule has 5 heteroatoms. The van der Waals surface area contributed by atoms with Gasteiger partial charge in [0.1, 0.15) is 11.7 Å². The molecule has 1 saturated heterocycles. The Balaban J connectivity index is 1.53. The van der Waals surface area contributed by atoms with E-state index in [-0.39, 0.29) is 28.5 Å². The molecule has 158 valence electrons. The zero-order valence-corrected chi connectivity index (χ0v) is 17.7. The molecule has 2 spiro atoms. The number of ketones is 1. The lowest BCUT2D eigenvalue weighted by molar-refractivity contribution is -0.196. The maximum atomic E-state index is 12.9. The third-order valence-corrected chi connectivity index (χ3v) is 9.55. The Bertz CT molecular complexity index is 1030. The Hall–Kier alpha value is -1.85. The number of ether oxygens (including phenoxy) is 2. The fraction of sp³-hybridized carbons (Fsp3) is 0.640. The van der Waals surface area contributed by atoms with E-state index in [1.54, 1.807) is 20.1 Å². The van der Waals surface area contributed by atoms with Gasteiger partial charge in [-0.15, -0.1) is 0 Å². The van der Waals surface area contributed by atoms with Gasteiger partial charge in [-0.3, -0.25) is 9.69 Å². The number of carbonyl (C=O) groups is 1. The van der Waals surface area contributed by atoms with Gasteiger partial charge in [-0.25, -0.2) is 0 Å².